The number of hydrogen-bond donors (Lipinski definition) is 2. The van der Waals surface area contributed by atoms with Gasteiger partial charge < -0.3 is 20.7 Å². The van der Waals surface area contributed by atoms with E-state index in [2.05, 4.69) is 5.32 Å². The summed E-state index contributed by atoms with van der Waals surface area (Å²) in [6.07, 6.45) is 0.0852. The number of nitrogens with one attached hydrogen (secondary N) is 1. The number of carbonyl (C=O) groups is 3. The van der Waals surface area contributed by atoms with Crippen LogP contribution >= 0.6 is 12.2 Å². The number of hydrogen-bond acceptors (Lipinski definition) is 5. The van der Waals surface area contributed by atoms with E-state index in [-0.39, 0.29) is 36.9 Å². The van der Waals surface area contributed by atoms with Crippen LogP contribution in [0.4, 0.5) is 0 Å². The lowest BCUT2D eigenvalue weighted by molar-refractivity contribution is -0.144. The summed E-state index contributed by atoms with van der Waals surface area (Å²) in [7, 11) is 0. The fraction of sp³-hybridized carbons (Fsp3) is 0.412. The molecule has 0 bridgehead atoms. The smallest absolute Gasteiger partial charge is 0.306 e. The van der Waals surface area contributed by atoms with Crippen molar-refractivity contribution >= 4 is 35.1 Å². The fourth-order valence-corrected chi connectivity index (χ4v) is 2.28. The van der Waals surface area contributed by atoms with Crippen molar-refractivity contribution in [3.63, 3.8) is 0 Å². The molecule has 136 valence electrons. The molecule has 0 saturated carbocycles. The molecule has 0 radical (unpaired) electrons. The maximum absolute atomic E-state index is 11.9. The summed E-state index contributed by atoms with van der Waals surface area (Å²) in [6.45, 7) is 2.70. The Hall–Kier alpha value is -2.48. The van der Waals surface area contributed by atoms with Gasteiger partial charge in [0.15, 0.2) is 5.11 Å². The van der Waals surface area contributed by atoms with Crippen LogP contribution in [0.15, 0.2) is 30.3 Å². The number of esters is 1. The standard InChI is InChI=1S/C17H23N3O4S/c1-2-24-16(23)9-8-15(22)19-17(25)20(11-10-14(18)21)12-13-6-4-3-5-7-13/h3-7H,2,8-12H2,1H3,(H2,18,21)(H,19,22,25). The molecule has 0 aliphatic carbocycles. The molecule has 0 atom stereocenters. The van der Waals surface area contributed by atoms with Crippen molar-refractivity contribution in [2.24, 2.45) is 5.73 Å². The van der Waals surface area contributed by atoms with Crippen molar-refractivity contribution in [3.8, 4) is 0 Å². The average Bonchev–Trinajstić information content (AvgIpc) is 2.57. The third-order valence-corrected chi connectivity index (χ3v) is 3.60. The number of primary amides is 1. The van der Waals surface area contributed by atoms with Crippen LogP contribution in [0, 0.1) is 0 Å². The van der Waals surface area contributed by atoms with Crippen molar-refractivity contribution in [1.82, 2.24) is 10.2 Å². The highest BCUT2D eigenvalue weighted by molar-refractivity contribution is 7.80. The number of carbonyl (C=O) groups excluding carboxylic acids is 3. The Morgan fingerprint density at radius 1 is 1.16 bits per heavy atom. The van der Waals surface area contributed by atoms with Gasteiger partial charge in [-0.2, -0.15) is 0 Å². The van der Waals surface area contributed by atoms with Gasteiger partial charge in [0.05, 0.1) is 13.0 Å². The summed E-state index contributed by atoms with van der Waals surface area (Å²) in [4.78, 5) is 36.0. The van der Waals surface area contributed by atoms with E-state index in [1.165, 1.54) is 0 Å². The predicted molar refractivity (Wildman–Crippen MR) is 97.3 cm³/mol. The lowest BCUT2D eigenvalue weighted by Gasteiger charge is -2.25. The van der Waals surface area contributed by atoms with Gasteiger partial charge in [-0.3, -0.25) is 14.4 Å². The molecule has 0 aliphatic rings. The quantitative estimate of drug-likeness (QED) is 0.502. The van der Waals surface area contributed by atoms with E-state index in [4.69, 9.17) is 22.7 Å². The zero-order valence-corrected chi connectivity index (χ0v) is 15.0. The van der Waals surface area contributed by atoms with E-state index in [0.29, 0.717) is 13.1 Å². The first-order valence-corrected chi connectivity index (χ1v) is 8.39. The number of thiocarbonyl (C=S) groups is 1. The maximum Gasteiger partial charge on any atom is 0.306 e. The Balaban J connectivity index is 2.60. The molecule has 0 aliphatic heterocycles. The van der Waals surface area contributed by atoms with Crippen molar-refractivity contribution in [2.75, 3.05) is 13.2 Å². The minimum atomic E-state index is -0.450. The van der Waals surface area contributed by atoms with E-state index in [9.17, 15) is 14.4 Å². The number of benzene rings is 1. The van der Waals surface area contributed by atoms with Crippen LogP contribution in [0.2, 0.25) is 0 Å². The second-order valence-corrected chi connectivity index (χ2v) is 5.67. The highest BCUT2D eigenvalue weighted by Gasteiger charge is 2.15. The van der Waals surface area contributed by atoms with Crippen molar-refractivity contribution in [1.29, 1.82) is 0 Å². The van der Waals surface area contributed by atoms with Gasteiger partial charge in [-0.15, -0.1) is 0 Å². The van der Waals surface area contributed by atoms with Gasteiger partial charge in [0.25, 0.3) is 0 Å². The molecule has 2 amide bonds. The molecule has 25 heavy (non-hydrogen) atoms. The summed E-state index contributed by atoms with van der Waals surface area (Å²) in [5, 5.41) is 2.77. The van der Waals surface area contributed by atoms with Gasteiger partial charge in [0.2, 0.25) is 11.8 Å². The molecular weight excluding hydrogens is 342 g/mol. The molecule has 0 fully saturated rings. The normalized spacial score (nSPS) is 9.96. The Morgan fingerprint density at radius 2 is 1.84 bits per heavy atom. The number of nitrogens with two attached hydrogens (primary N) is 1. The Bertz CT molecular complexity index is 607. The predicted octanol–water partition coefficient (Wildman–Crippen LogP) is 1.11. The first-order valence-electron chi connectivity index (χ1n) is 7.99. The van der Waals surface area contributed by atoms with E-state index < -0.39 is 11.9 Å². The van der Waals surface area contributed by atoms with Crippen LogP contribution in [-0.2, 0) is 25.7 Å². The second-order valence-electron chi connectivity index (χ2n) is 5.28. The van der Waals surface area contributed by atoms with Gasteiger partial charge in [0, 0.05) is 25.9 Å². The van der Waals surface area contributed by atoms with Crippen molar-refractivity contribution in [3.05, 3.63) is 35.9 Å². The topological polar surface area (TPSA) is 102 Å². The van der Waals surface area contributed by atoms with E-state index in [1.54, 1.807) is 11.8 Å². The van der Waals surface area contributed by atoms with Crippen molar-refractivity contribution in [2.45, 2.75) is 32.7 Å². The van der Waals surface area contributed by atoms with Gasteiger partial charge in [-0.25, -0.2) is 0 Å². The van der Waals surface area contributed by atoms with Crippen molar-refractivity contribution < 1.29 is 19.1 Å². The number of nitrogens with zero attached hydrogens (tertiary/aromatic N) is 1. The fourth-order valence-electron chi connectivity index (χ4n) is 2.01. The van der Waals surface area contributed by atoms with E-state index in [1.807, 2.05) is 30.3 Å². The van der Waals surface area contributed by atoms with Gasteiger partial charge in [-0.1, -0.05) is 30.3 Å². The minimum Gasteiger partial charge on any atom is -0.466 e. The molecule has 8 heteroatoms. The highest BCUT2D eigenvalue weighted by Crippen LogP contribution is 2.06. The van der Waals surface area contributed by atoms with Crippen LogP contribution in [-0.4, -0.2) is 40.9 Å². The number of rotatable bonds is 9. The highest BCUT2D eigenvalue weighted by atomic mass is 32.1. The average molecular weight is 365 g/mol. The van der Waals surface area contributed by atoms with Gasteiger partial charge in [-0.05, 0) is 24.7 Å². The molecule has 0 spiro atoms. The molecule has 1 aromatic rings. The van der Waals surface area contributed by atoms with Crippen LogP contribution in [0.1, 0.15) is 31.7 Å². The SMILES string of the molecule is CCOC(=O)CCC(=O)NC(=S)N(CCC(N)=O)Cc1ccccc1. The lowest BCUT2D eigenvalue weighted by atomic mass is 10.2. The molecule has 7 nitrogen and oxygen atoms in total. The van der Waals surface area contributed by atoms with E-state index in [0.717, 1.165) is 5.56 Å². The summed E-state index contributed by atoms with van der Waals surface area (Å²) in [5.41, 5.74) is 6.18. The van der Waals surface area contributed by atoms with Gasteiger partial charge in [0.1, 0.15) is 0 Å². The minimum absolute atomic E-state index is 0.0116. The number of ether oxygens (including phenoxy) is 1. The molecule has 0 heterocycles. The van der Waals surface area contributed by atoms with Crippen LogP contribution in [0.5, 0.6) is 0 Å². The molecule has 0 unspecified atom stereocenters. The molecule has 1 rings (SSSR count). The van der Waals surface area contributed by atoms with Gasteiger partial charge >= 0.3 is 5.97 Å². The largest absolute Gasteiger partial charge is 0.466 e. The molecular formula is C17H23N3O4S. The van der Waals surface area contributed by atoms with Crippen LogP contribution < -0.4 is 11.1 Å². The zero-order chi connectivity index (χ0) is 18.7. The Labute approximate surface area is 152 Å². The maximum atomic E-state index is 11.9. The molecule has 0 saturated heterocycles. The van der Waals surface area contributed by atoms with Crippen LogP contribution in [0.25, 0.3) is 0 Å². The number of amides is 2. The third-order valence-electron chi connectivity index (χ3n) is 3.24. The summed E-state index contributed by atoms with van der Waals surface area (Å²) in [6, 6.07) is 9.52. The molecule has 0 aromatic heterocycles. The molecule has 1 aromatic carbocycles. The first-order chi connectivity index (χ1) is 11.9. The Kier molecular flexibility index (Phi) is 9.16. The zero-order valence-electron chi connectivity index (χ0n) is 14.2. The van der Waals surface area contributed by atoms with E-state index >= 15 is 0 Å². The summed E-state index contributed by atoms with van der Waals surface area (Å²) >= 11 is 5.26. The summed E-state index contributed by atoms with van der Waals surface area (Å²) < 4.78 is 4.78. The Morgan fingerprint density at radius 3 is 2.44 bits per heavy atom. The van der Waals surface area contributed by atoms with Crippen LogP contribution in [0.3, 0.4) is 0 Å². The summed E-state index contributed by atoms with van der Waals surface area (Å²) in [5.74, 6) is -1.26. The molecule has 3 N–H and O–H groups in total. The lowest BCUT2D eigenvalue weighted by Crippen LogP contribution is -2.43. The second kappa shape index (κ2) is 11.1. The monoisotopic (exact) mass is 365 g/mol. The third kappa shape index (κ3) is 8.80. The first kappa shape index (κ1) is 20.6.